The summed E-state index contributed by atoms with van der Waals surface area (Å²) in [6.45, 7) is 3.22. The van der Waals surface area contributed by atoms with E-state index in [2.05, 4.69) is 25.3 Å². The van der Waals surface area contributed by atoms with Crippen molar-refractivity contribution in [2.24, 2.45) is 0 Å². The highest BCUT2D eigenvalue weighted by molar-refractivity contribution is 5.92. The predicted molar refractivity (Wildman–Crippen MR) is 74.2 cm³/mol. The molecule has 1 amide bonds. The first-order valence-electron chi connectivity index (χ1n) is 7.02. The van der Waals surface area contributed by atoms with Crippen molar-refractivity contribution in [2.45, 2.75) is 25.9 Å². The van der Waals surface area contributed by atoms with E-state index in [0.29, 0.717) is 18.8 Å². The Bertz CT molecular complexity index is 592. The Labute approximate surface area is 122 Å². The highest BCUT2D eigenvalue weighted by Gasteiger charge is 2.17. The largest absolute Gasteiger partial charge is 0.359 e. The monoisotopic (exact) mass is 287 g/mol. The van der Waals surface area contributed by atoms with Crippen LogP contribution in [-0.4, -0.2) is 39.0 Å². The van der Waals surface area contributed by atoms with Gasteiger partial charge in [0.05, 0.1) is 18.8 Å². The molecular weight excluding hydrogens is 270 g/mol. The van der Waals surface area contributed by atoms with Gasteiger partial charge in [-0.3, -0.25) is 9.69 Å². The molecule has 21 heavy (non-hydrogen) atoms. The normalized spacial score (nSPS) is 15.2. The first kappa shape index (κ1) is 13.7. The van der Waals surface area contributed by atoms with Crippen molar-refractivity contribution in [1.29, 1.82) is 0 Å². The molecule has 0 aliphatic carbocycles. The van der Waals surface area contributed by atoms with Crippen molar-refractivity contribution < 1.29 is 9.32 Å². The van der Waals surface area contributed by atoms with Crippen LogP contribution in [0.5, 0.6) is 0 Å². The second-order valence-electron chi connectivity index (χ2n) is 5.05. The molecule has 2 aromatic heterocycles. The SMILES string of the molecule is O=C(NCc1ccncn1)c1cc(CN2CCCC2)on1. The Morgan fingerprint density at radius 1 is 1.38 bits per heavy atom. The third kappa shape index (κ3) is 3.63. The second-order valence-corrected chi connectivity index (χ2v) is 5.05. The summed E-state index contributed by atoms with van der Waals surface area (Å²) in [6, 6.07) is 3.45. The molecule has 1 saturated heterocycles. The zero-order chi connectivity index (χ0) is 14.5. The van der Waals surface area contributed by atoms with Gasteiger partial charge < -0.3 is 9.84 Å². The van der Waals surface area contributed by atoms with Gasteiger partial charge in [0.15, 0.2) is 11.5 Å². The van der Waals surface area contributed by atoms with Crippen LogP contribution in [0.3, 0.4) is 0 Å². The van der Waals surface area contributed by atoms with Crippen LogP contribution in [0.2, 0.25) is 0 Å². The van der Waals surface area contributed by atoms with E-state index in [9.17, 15) is 4.79 Å². The lowest BCUT2D eigenvalue weighted by molar-refractivity contribution is 0.0941. The molecule has 0 aromatic carbocycles. The predicted octanol–water partition coefficient (Wildman–Crippen LogP) is 0.990. The Morgan fingerprint density at radius 2 is 2.24 bits per heavy atom. The lowest BCUT2D eigenvalue weighted by atomic mass is 10.3. The van der Waals surface area contributed by atoms with E-state index in [1.807, 2.05) is 0 Å². The van der Waals surface area contributed by atoms with Gasteiger partial charge in [-0.25, -0.2) is 9.97 Å². The topological polar surface area (TPSA) is 84.2 Å². The molecular formula is C14H17N5O2. The zero-order valence-electron chi connectivity index (χ0n) is 11.7. The van der Waals surface area contributed by atoms with Crippen molar-refractivity contribution in [3.05, 3.63) is 41.8 Å². The fourth-order valence-corrected chi connectivity index (χ4v) is 2.34. The summed E-state index contributed by atoms with van der Waals surface area (Å²) in [6.07, 6.45) is 5.53. The van der Waals surface area contributed by atoms with Gasteiger partial charge in [0.25, 0.3) is 5.91 Å². The van der Waals surface area contributed by atoms with Crippen LogP contribution >= 0.6 is 0 Å². The zero-order valence-corrected chi connectivity index (χ0v) is 11.7. The van der Waals surface area contributed by atoms with Gasteiger partial charge >= 0.3 is 0 Å². The minimum atomic E-state index is -0.259. The quantitative estimate of drug-likeness (QED) is 0.883. The average molecular weight is 287 g/mol. The van der Waals surface area contributed by atoms with E-state index in [4.69, 9.17) is 4.52 Å². The lowest BCUT2D eigenvalue weighted by Crippen LogP contribution is -2.23. The highest BCUT2D eigenvalue weighted by Crippen LogP contribution is 2.13. The van der Waals surface area contributed by atoms with E-state index in [-0.39, 0.29) is 5.91 Å². The van der Waals surface area contributed by atoms with E-state index in [1.54, 1.807) is 18.3 Å². The molecule has 0 bridgehead atoms. The number of carbonyl (C=O) groups excluding carboxylic acids is 1. The molecule has 0 unspecified atom stereocenters. The van der Waals surface area contributed by atoms with Crippen molar-refractivity contribution >= 4 is 5.91 Å². The van der Waals surface area contributed by atoms with Gasteiger partial charge in [0, 0.05) is 12.3 Å². The molecule has 0 saturated carbocycles. The van der Waals surface area contributed by atoms with Gasteiger partial charge in [-0.1, -0.05) is 5.16 Å². The maximum Gasteiger partial charge on any atom is 0.273 e. The number of rotatable bonds is 5. The van der Waals surface area contributed by atoms with Crippen LogP contribution in [0.4, 0.5) is 0 Å². The molecule has 1 fully saturated rings. The Kier molecular flexibility index (Phi) is 4.20. The van der Waals surface area contributed by atoms with Gasteiger partial charge in [-0.15, -0.1) is 0 Å². The average Bonchev–Trinajstić information content (AvgIpc) is 3.18. The second kappa shape index (κ2) is 6.45. The number of hydrogen-bond donors (Lipinski definition) is 1. The van der Waals surface area contributed by atoms with Gasteiger partial charge in [-0.2, -0.15) is 0 Å². The number of amides is 1. The van der Waals surface area contributed by atoms with Crippen LogP contribution < -0.4 is 5.32 Å². The van der Waals surface area contributed by atoms with Gasteiger partial charge in [0.1, 0.15) is 6.33 Å². The molecule has 7 heteroatoms. The van der Waals surface area contributed by atoms with Crippen LogP contribution in [0.25, 0.3) is 0 Å². The summed E-state index contributed by atoms with van der Waals surface area (Å²) >= 11 is 0. The summed E-state index contributed by atoms with van der Waals surface area (Å²) in [5.41, 5.74) is 1.05. The number of likely N-dealkylation sites (tertiary alicyclic amines) is 1. The molecule has 110 valence electrons. The molecule has 7 nitrogen and oxygen atoms in total. The highest BCUT2D eigenvalue weighted by atomic mass is 16.5. The number of aromatic nitrogens is 3. The smallest absolute Gasteiger partial charge is 0.273 e. The number of hydrogen-bond acceptors (Lipinski definition) is 6. The summed E-state index contributed by atoms with van der Waals surface area (Å²) in [5.74, 6) is 0.467. The molecule has 0 spiro atoms. The minimum absolute atomic E-state index is 0.259. The fraction of sp³-hybridized carbons (Fsp3) is 0.429. The molecule has 0 radical (unpaired) electrons. The number of nitrogens with one attached hydrogen (secondary N) is 1. The van der Waals surface area contributed by atoms with Crippen LogP contribution in [0.1, 0.15) is 34.8 Å². The Hall–Kier alpha value is -2.28. The summed E-state index contributed by atoms with van der Waals surface area (Å²) in [7, 11) is 0. The molecule has 3 heterocycles. The molecule has 1 aliphatic heterocycles. The Morgan fingerprint density at radius 3 is 3.00 bits per heavy atom. The van der Waals surface area contributed by atoms with E-state index >= 15 is 0 Å². The van der Waals surface area contributed by atoms with E-state index in [1.165, 1.54) is 19.2 Å². The van der Waals surface area contributed by atoms with Crippen LogP contribution in [-0.2, 0) is 13.1 Å². The fourth-order valence-electron chi connectivity index (χ4n) is 2.34. The van der Waals surface area contributed by atoms with Crippen molar-refractivity contribution in [3.63, 3.8) is 0 Å². The minimum Gasteiger partial charge on any atom is -0.359 e. The third-order valence-electron chi connectivity index (χ3n) is 3.44. The van der Waals surface area contributed by atoms with Gasteiger partial charge in [0.2, 0.25) is 0 Å². The Balaban J connectivity index is 1.54. The lowest BCUT2D eigenvalue weighted by Gasteiger charge is -2.10. The molecule has 1 N–H and O–H groups in total. The summed E-state index contributed by atoms with van der Waals surface area (Å²) in [4.78, 5) is 22.1. The maximum atomic E-state index is 12.0. The molecule has 0 atom stereocenters. The number of carbonyl (C=O) groups is 1. The summed E-state index contributed by atoms with van der Waals surface area (Å²) in [5, 5.41) is 6.58. The molecule has 1 aliphatic rings. The van der Waals surface area contributed by atoms with E-state index < -0.39 is 0 Å². The van der Waals surface area contributed by atoms with Gasteiger partial charge in [-0.05, 0) is 32.0 Å². The van der Waals surface area contributed by atoms with Crippen molar-refractivity contribution in [1.82, 2.24) is 25.3 Å². The summed E-state index contributed by atoms with van der Waals surface area (Å²) < 4.78 is 5.22. The van der Waals surface area contributed by atoms with Crippen molar-refractivity contribution in [3.8, 4) is 0 Å². The standard InChI is InChI=1S/C14H17N5O2/c20-14(16-8-11-3-4-15-10-17-11)13-7-12(21-18-13)9-19-5-1-2-6-19/h3-4,7,10H,1-2,5-6,8-9H2,(H,16,20). The third-order valence-corrected chi connectivity index (χ3v) is 3.44. The van der Waals surface area contributed by atoms with Crippen LogP contribution in [0, 0.1) is 0 Å². The van der Waals surface area contributed by atoms with E-state index in [0.717, 1.165) is 24.5 Å². The number of nitrogens with zero attached hydrogens (tertiary/aromatic N) is 4. The first-order chi connectivity index (χ1) is 10.3. The molecule has 2 aromatic rings. The van der Waals surface area contributed by atoms with Crippen LogP contribution in [0.15, 0.2) is 29.2 Å². The van der Waals surface area contributed by atoms with Crippen molar-refractivity contribution in [2.75, 3.05) is 13.1 Å². The first-order valence-corrected chi connectivity index (χ1v) is 7.02. The molecule has 3 rings (SSSR count). The maximum absolute atomic E-state index is 12.0.